The highest BCUT2D eigenvalue weighted by Crippen LogP contribution is 2.31. The number of carbonyl (C=O) groups is 2. The second kappa shape index (κ2) is 10.8. The SMILES string of the molecule is Cc1ccc(O[C@H]2CCCN(C(=O)Cn3cc(NC(=O)C4CC(Oc5ccccn5)C4)cn3)C2)cc1. The summed E-state index contributed by atoms with van der Waals surface area (Å²) in [6.45, 7) is 3.43. The van der Waals surface area contributed by atoms with Crippen molar-refractivity contribution in [2.45, 2.75) is 51.4 Å². The highest BCUT2D eigenvalue weighted by molar-refractivity contribution is 5.93. The third-order valence-electron chi connectivity index (χ3n) is 6.64. The van der Waals surface area contributed by atoms with Gasteiger partial charge in [0, 0.05) is 30.9 Å². The van der Waals surface area contributed by atoms with Gasteiger partial charge in [-0.25, -0.2) is 4.98 Å². The molecule has 3 heterocycles. The van der Waals surface area contributed by atoms with Crippen molar-refractivity contribution in [1.29, 1.82) is 0 Å². The van der Waals surface area contributed by atoms with Gasteiger partial charge in [0.05, 0.1) is 18.4 Å². The second-order valence-corrected chi connectivity index (χ2v) is 9.53. The number of hydrogen-bond donors (Lipinski definition) is 1. The molecule has 1 saturated carbocycles. The number of aromatic nitrogens is 3. The van der Waals surface area contributed by atoms with Gasteiger partial charge in [0.15, 0.2) is 0 Å². The van der Waals surface area contributed by atoms with E-state index >= 15 is 0 Å². The lowest BCUT2D eigenvalue weighted by molar-refractivity contribution is -0.134. The minimum Gasteiger partial charge on any atom is -0.489 e. The Balaban J connectivity index is 1.06. The molecule has 0 bridgehead atoms. The van der Waals surface area contributed by atoms with E-state index in [2.05, 4.69) is 15.4 Å². The van der Waals surface area contributed by atoms with Crippen molar-refractivity contribution < 1.29 is 19.1 Å². The van der Waals surface area contributed by atoms with Crippen molar-refractivity contribution in [3.05, 3.63) is 66.6 Å². The van der Waals surface area contributed by atoms with E-state index in [0.717, 1.165) is 18.6 Å². The maximum Gasteiger partial charge on any atom is 0.244 e. The van der Waals surface area contributed by atoms with Gasteiger partial charge in [-0.05, 0) is 50.8 Å². The zero-order chi connectivity index (χ0) is 24.9. The maximum atomic E-state index is 12.9. The van der Waals surface area contributed by atoms with Crippen LogP contribution in [-0.4, -0.2) is 56.8 Å². The molecule has 1 saturated heterocycles. The summed E-state index contributed by atoms with van der Waals surface area (Å²) >= 11 is 0. The van der Waals surface area contributed by atoms with Crippen LogP contribution in [0.2, 0.25) is 0 Å². The molecule has 1 aliphatic heterocycles. The van der Waals surface area contributed by atoms with Crippen molar-refractivity contribution in [2.24, 2.45) is 5.92 Å². The van der Waals surface area contributed by atoms with Gasteiger partial charge >= 0.3 is 0 Å². The molecule has 0 unspecified atom stereocenters. The number of rotatable bonds is 8. The number of ether oxygens (including phenoxy) is 2. The van der Waals surface area contributed by atoms with Crippen LogP contribution in [0, 0.1) is 12.8 Å². The van der Waals surface area contributed by atoms with Crippen LogP contribution >= 0.6 is 0 Å². The van der Waals surface area contributed by atoms with Gasteiger partial charge in [0.1, 0.15) is 24.5 Å². The highest BCUT2D eigenvalue weighted by Gasteiger charge is 2.36. The van der Waals surface area contributed by atoms with E-state index < -0.39 is 0 Å². The monoisotopic (exact) mass is 489 g/mol. The van der Waals surface area contributed by atoms with Gasteiger partial charge in [-0.2, -0.15) is 5.10 Å². The molecule has 0 spiro atoms. The average molecular weight is 490 g/mol. The summed E-state index contributed by atoms with van der Waals surface area (Å²) in [7, 11) is 0. The van der Waals surface area contributed by atoms with Crippen LogP contribution in [0.3, 0.4) is 0 Å². The zero-order valence-electron chi connectivity index (χ0n) is 20.4. The molecule has 5 rings (SSSR count). The van der Waals surface area contributed by atoms with Crippen LogP contribution in [-0.2, 0) is 16.1 Å². The molecule has 2 amide bonds. The van der Waals surface area contributed by atoms with Gasteiger partial charge in [-0.3, -0.25) is 14.3 Å². The van der Waals surface area contributed by atoms with Crippen LogP contribution in [0.25, 0.3) is 0 Å². The molecule has 3 aromatic rings. The fourth-order valence-electron chi connectivity index (χ4n) is 4.53. The number of hydrogen-bond acceptors (Lipinski definition) is 6. The zero-order valence-corrected chi connectivity index (χ0v) is 20.4. The van der Waals surface area contributed by atoms with Crippen molar-refractivity contribution in [1.82, 2.24) is 19.7 Å². The summed E-state index contributed by atoms with van der Waals surface area (Å²) in [6.07, 6.45) is 8.05. The first-order valence-corrected chi connectivity index (χ1v) is 12.4. The molecule has 1 N–H and O–H groups in total. The summed E-state index contributed by atoms with van der Waals surface area (Å²) in [4.78, 5) is 31.4. The fraction of sp³-hybridized carbons (Fsp3) is 0.407. The number of pyridine rings is 1. The lowest BCUT2D eigenvalue weighted by atomic mass is 9.81. The number of aryl methyl sites for hydroxylation is 1. The Kier molecular flexibility index (Phi) is 7.16. The van der Waals surface area contributed by atoms with Crippen LogP contribution in [0.15, 0.2) is 61.1 Å². The van der Waals surface area contributed by atoms with E-state index in [1.807, 2.05) is 54.3 Å². The highest BCUT2D eigenvalue weighted by atomic mass is 16.5. The molecule has 0 radical (unpaired) electrons. The summed E-state index contributed by atoms with van der Waals surface area (Å²) in [6, 6.07) is 13.5. The minimum atomic E-state index is -0.109. The number of nitrogens with one attached hydrogen (secondary N) is 1. The van der Waals surface area contributed by atoms with E-state index in [9.17, 15) is 9.59 Å². The van der Waals surface area contributed by atoms with Gasteiger partial charge in [-0.1, -0.05) is 23.8 Å². The molecule has 9 heteroatoms. The Hall–Kier alpha value is -3.88. The summed E-state index contributed by atoms with van der Waals surface area (Å²) in [5, 5.41) is 7.16. The van der Waals surface area contributed by atoms with Gasteiger partial charge in [0.25, 0.3) is 0 Å². The first-order valence-electron chi connectivity index (χ1n) is 12.4. The molecule has 2 aromatic heterocycles. The summed E-state index contributed by atoms with van der Waals surface area (Å²) < 4.78 is 13.4. The number of piperidine rings is 1. The van der Waals surface area contributed by atoms with E-state index in [1.54, 1.807) is 23.3 Å². The lowest BCUT2D eigenvalue weighted by Gasteiger charge is -2.33. The fourth-order valence-corrected chi connectivity index (χ4v) is 4.53. The Morgan fingerprint density at radius 2 is 1.92 bits per heavy atom. The maximum absolute atomic E-state index is 12.9. The molecule has 188 valence electrons. The van der Waals surface area contributed by atoms with Crippen molar-refractivity contribution in [2.75, 3.05) is 18.4 Å². The van der Waals surface area contributed by atoms with E-state index in [1.165, 1.54) is 5.56 Å². The number of benzene rings is 1. The number of carbonyl (C=O) groups excluding carboxylic acids is 2. The first-order chi connectivity index (χ1) is 17.5. The van der Waals surface area contributed by atoms with Crippen LogP contribution in [0.1, 0.15) is 31.2 Å². The predicted molar refractivity (Wildman–Crippen MR) is 134 cm³/mol. The Morgan fingerprint density at radius 3 is 2.69 bits per heavy atom. The molecule has 1 aliphatic carbocycles. The van der Waals surface area contributed by atoms with Crippen molar-refractivity contribution in [3.8, 4) is 11.6 Å². The molecule has 9 nitrogen and oxygen atoms in total. The van der Waals surface area contributed by atoms with Crippen molar-refractivity contribution in [3.63, 3.8) is 0 Å². The van der Waals surface area contributed by atoms with Gasteiger partial charge in [-0.15, -0.1) is 0 Å². The normalized spacial score (nSPS) is 21.4. The molecular formula is C27H31N5O4. The van der Waals surface area contributed by atoms with Gasteiger partial charge < -0.3 is 19.7 Å². The molecule has 1 aromatic carbocycles. The molecular weight excluding hydrogens is 458 g/mol. The third kappa shape index (κ3) is 6.02. The first kappa shape index (κ1) is 23.8. The predicted octanol–water partition coefficient (Wildman–Crippen LogP) is 3.45. The smallest absolute Gasteiger partial charge is 0.244 e. The third-order valence-corrected chi connectivity index (χ3v) is 6.64. The lowest BCUT2D eigenvalue weighted by Crippen LogP contribution is -2.45. The quantitative estimate of drug-likeness (QED) is 0.520. The number of nitrogens with zero attached hydrogens (tertiary/aromatic N) is 4. The molecule has 36 heavy (non-hydrogen) atoms. The number of anilines is 1. The van der Waals surface area contributed by atoms with Crippen LogP contribution in [0.5, 0.6) is 11.6 Å². The van der Waals surface area contributed by atoms with Crippen molar-refractivity contribution >= 4 is 17.5 Å². The number of likely N-dealkylation sites (tertiary alicyclic amines) is 1. The topological polar surface area (TPSA) is 98.6 Å². The van der Waals surface area contributed by atoms with Gasteiger partial charge in [0.2, 0.25) is 17.7 Å². The Labute approximate surface area is 210 Å². The van der Waals surface area contributed by atoms with Crippen LogP contribution < -0.4 is 14.8 Å². The summed E-state index contributed by atoms with van der Waals surface area (Å²) in [5.41, 5.74) is 1.77. The molecule has 1 atom stereocenters. The summed E-state index contributed by atoms with van der Waals surface area (Å²) in [5.74, 6) is 1.22. The van der Waals surface area contributed by atoms with E-state index in [4.69, 9.17) is 9.47 Å². The average Bonchev–Trinajstić information content (AvgIpc) is 3.29. The number of amides is 2. The standard InChI is InChI=1S/C27H31N5O4/c1-19-7-9-22(10-8-19)35-23-5-4-12-31(17-23)26(33)18-32-16-21(15-29-32)30-27(34)20-13-24(14-20)36-25-6-2-3-11-28-25/h2-3,6-11,15-16,20,23-24H,4-5,12-14,17-18H2,1H3,(H,30,34)/t20?,23-,24?/m0/s1. The largest absolute Gasteiger partial charge is 0.489 e. The Bertz CT molecular complexity index is 1170. The van der Waals surface area contributed by atoms with E-state index in [-0.39, 0.29) is 36.5 Å². The molecule has 2 aliphatic rings. The minimum absolute atomic E-state index is 0.000601. The van der Waals surface area contributed by atoms with Crippen LogP contribution in [0.4, 0.5) is 5.69 Å². The second-order valence-electron chi connectivity index (χ2n) is 9.53. The molecule has 2 fully saturated rings. The Morgan fingerprint density at radius 1 is 1.08 bits per heavy atom. The van der Waals surface area contributed by atoms with E-state index in [0.29, 0.717) is 37.5 Å².